The van der Waals surface area contributed by atoms with E-state index in [-0.39, 0.29) is 12.2 Å². The normalized spacial score (nSPS) is 28.2. The van der Waals surface area contributed by atoms with E-state index in [4.69, 9.17) is 14.2 Å². The van der Waals surface area contributed by atoms with Crippen LogP contribution in [0.1, 0.15) is 20.3 Å². The molecule has 0 aromatic carbocycles. The van der Waals surface area contributed by atoms with Crippen molar-refractivity contribution < 1.29 is 19.3 Å². The maximum atomic E-state index is 9.74. The van der Waals surface area contributed by atoms with E-state index in [1.807, 2.05) is 13.8 Å². The van der Waals surface area contributed by atoms with Gasteiger partial charge >= 0.3 is 0 Å². The van der Waals surface area contributed by atoms with Crippen molar-refractivity contribution >= 4 is 0 Å². The van der Waals surface area contributed by atoms with Crippen molar-refractivity contribution in [3.05, 3.63) is 0 Å². The first-order valence-corrected chi connectivity index (χ1v) is 6.27. The van der Waals surface area contributed by atoms with Crippen LogP contribution in [0.3, 0.4) is 0 Å². The van der Waals surface area contributed by atoms with Crippen molar-refractivity contribution in [1.29, 1.82) is 0 Å². The summed E-state index contributed by atoms with van der Waals surface area (Å²) in [5.74, 6) is 0. The molecule has 4 unspecified atom stereocenters. The zero-order valence-corrected chi connectivity index (χ0v) is 11.0. The summed E-state index contributed by atoms with van der Waals surface area (Å²) in [5, 5.41) is 13.0. The van der Waals surface area contributed by atoms with Crippen LogP contribution in [-0.2, 0) is 14.2 Å². The second-order valence-corrected chi connectivity index (χ2v) is 4.63. The van der Waals surface area contributed by atoms with Crippen LogP contribution in [0.15, 0.2) is 0 Å². The molecule has 4 atom stereocenters. The van der Waals surface area contributed by atoms with Gasteiger partial charge in [-0.2, -0.15) is 0 Å². The number of aliphatic hydroxyl groups is 1. The minimum Gasteiger partial charge on any atom is -0.389 e. The summed E-state index contributed by atoms with van der Waals surface area (Å²) in [4.78, 5) is 0. The Kier molecular flexibility index (Phi) is 6.99. The highest BCUT2D eigenvalue weighted by Gasteiger charge is 2.24. The molecule has 17 heavy (non-hydrogen) atoms. The number of rotatable bonds is 8. The first kappa shape index (κ1) is 14.9. The minimum absolute atomic E-state index is 0.0170. The molecule has 1 aliphatic heterocycles. The van der Waals surface area contributed by atoms with Gasteiger partial charge in [0.1, 0.15) is 0 Å². The number of nitrogens with one attached hydrogen (secondary N) is 1. The Morgan fingerprint density at radius 2 is 2.24 bits per heavy atom. The molecule has 1 rings (SSSR count). The third-order valence-corrected chi connectivity index (χ3v) is 2.97. The van der Waals surface area contributed by atoms with E-state index in [9.17, 15) is 5.11 Å². The van der Waals surface area contributed by atoms with Crippen LogP contribution < -0.4 is 5.32 Å². The molecule has 1 saturated heterocycles. The molecule has 0 saturated carbocycles. The van der Waals surface area contributed by atoms with E-state index in [0.29, 0.717) is 25.8 Å². The average molecular weight is 247 g/mol. The Balaban J connectivity index is 2.06. The van der Waals surface area contributed by atoms with Crippen LogP contribution in [0.4, 0.5) is 0 Å². The molecule has 102 valence electrons. The molecule has 0 spiro atoms. The van der Waals surface area contributed by atoms with Crippen LogP contribution in [0.25, 0.3) is 0 Å². The lowest BCUT2D eigenvalue weighted by Gasteiger charge is -2.20. The molecule has 1 fully saturated rings. The van der Waals surface area contributed by atoms with Crippen molar-refractivity contribution in [1.82, 2.24) is 5.32 Å². The number of aliphatic hydroxyl groups excluding tert-OH is 1. The summed E-state index contributed by atoms with van der Waals surface area (Å²) in [7, 11) is 1.64. The fraction of sp³-hybridized carbons (Fsp3) is 1.00. The molecule has 5 heteroatoms. The molecular formula is C12H25NO4. The molecule has 2 N–H and O–H groups in total. The summed E-state index contributed by atoms with van der Waals surface area (Å²) in [6.07, 6.45) is 0.774. The minimum atomic E-state index is -0.484. The maximum Gasteiger partial charge on any atom is 0.0897 e. The van der Waals surface area contributed by atoms with E-state index in [1.54, 1.807) is 7.11 Å². The van der Waals surface area contributed by atoms with Crippen molar-refractivity contribution in [2.45, 2.75) is 44.6 Å². The number of ether oxygens (including phenoxy) is 3. The van der Waals surface area contributed by atoms with Crippen molar-refractivity contribution in [2.24, 2.45) is 0 Å². The molecule has 0 aromatic heterocycles. The largest absolute Gasteiger partial charge is 0.389 e. The summed E-state index contributed by atoms with van der Waals surface area (Å²) < 4.78 is 15.8. The van der Waals surface area contributed by atoms with Gasteiger partial charge in [-0.3, -0.25) is 0 Å². The smallest absolute Gasteiger partial charge is 0.0897 e. The fourth-order valence-corrected chi connectivity index (χ4v) is 1.90. The predicted molar refractivity (Wildman–Crippen MR) is 65.1 cm³/mol. The van der Waals surface area contributed by atoms with Gasteiger partial charge in [0.2, 0.25) is 0 Å². The van der Waals surface area contributed by atoms with Gasteiger partial charge in [0.15, 0.2) is 0 Å². The first-order chi connectivity index (χ1) is 8.13. The highest BCUT2D eigenvalue weighted by atomic mass is 16.5. The van der Waals surface area contributed by atoms with Gasteiger partial charge in [0, 0.05) is 26.3 Å². The number of methoxy groups -OCH3 is 1. The van der Waals surface area contributed by atoms with E-state index in [1.165, 1.54) is 0 Å². The summed E-state index contributed by atoms with van der Waals surface area (Å²) in [6, 6.07) is 0.348. The molecule has 1 aliphatic rings. The second kappa shape index (κ2) is 8.00. The van der Waals surface area contributed by atoms with Gasteiger partial charge in [0.05, 0.1) is 31.5 Å². The van der Waals surface area contributed by atoms with Crippen LogP contribution in [-0.4, -0.2) is 62.9 Å². The fourth-order valence-electron chi connectivity index (χ4n) is 1.90. The third kappa shape index (κ3) is 5.79. The Labute approximate surface area is 103 Å². The zero-order valence-electron chi connectivity index (χ0n) is 11.0. The van der Waals surface area contributed by atoms with Crippen molar-refractivity contribution in [2.75, 3.05) is 33.5 Å². The Morgan fingerprint density at radius 3 is 2.82 bits per heavy atom. The third-order valence-electron chi connectivity index (χ3n) is 2.97. The van der Waals surface area contributed by atoms with E-state index in [0.717, 1.165) is 13.0 Å². The quantitative estimate of drug-likeness (QED) is 0.640. The molecule has 0 aromatic rings. The topological polar surface area (TPSA) is 60.0 Å². The van der Waals surface area contributed by atoms with Crippen LogP contribution in [0, 0.1) is 0 Å². The lowest BCUT2D eigenvalue weighted by atomic mass is 10.1. The summed E-state index contributed by atoms with van der Waals surface area (Å²) >= 11 is 0. The van der Waals surface area contributed by atoms with Crippen LogP contribution in [0.5, 0.6) is 0 Å². The molecular weight excluding hydrogens is 222 g/mol. The molecule has 0 aliphatic carbocycles. The lowest BCUT2D eigenvalue weighted by Crippen LogP contribution is -2.41. The number of hydrogen-bond donors (Lipinski definition) is 2. The number of hydrogen-bond acceptors (Lipinski definition) is 5. The highest BCUT2D eigenvalue weighted by molar-refractivity contribution is 4.79. The summed E-state index contributed by atoms with van der Waals surface area (Å²) in [5.41, 5.74) is 0. The van der Waals surface area contributed by atoms with E-state index in [2.05, 4.69) is 5.32 Å². The van der Waals surface area contributed by atoms with Gasteiger partial charge in [0.25, 0.3) is 0 Å². The maximum absolute atomic E-state index is 9.74. The molecule has 0 amide bonds. The van der Waals surface area contributed by atoms with E-state index >= 15 is 0 Å². The Hall–Kier alpha value is -0.200. The average Bonchev–Trinajstić information content (AvgIpc) is 2.70. The van der Waals surface area contributed by atoms with Crippen LogP contribution in [0.2, 0.25) is 0 Å². The van der Waals surface area contributed by atoms with E-state index < -0.39 is 6.10 Å². The predicted octanol–water partition coefficient (Wildman–Crippen LogP) is 0.166. The molecule has 5 nitrogen and oxygen atoms in total. The van der Waals surface area contributed by atoms with Gasteiger partial charge in [-0.25, -0.2) is 0 Å². The van der Waals surface area contributed by atoms with Gasteiger partial charge in [-0.05, 0) is 20.3 Å². The van der Waals surface area contributed by atoms with Gasteiger partial charge in [-0.1, -0.05) is 0 Å². The first-order valence-electron chi connectivity index (χ1n) is 6.27. The monoisotopic (exact) mass is 247 g/mol. The van der Waals surface area contributed by atoms with Gasteiger partial charge < -0.3 is 24.6 Å². The second-order valence-electron chi connectivity index (χ2n) is 4.63. The lowest BCUT2D eigenvalue weighted by molar-refractivity contribution is -0.0320. The Morgan fingerprint density at radius 1 is 1.47 bits per heavy atom. The molecule has 0 radical (unpaired) electrons. The molecule has 1 heterocycles. The zero-order chi connectivity index (χ0) is 12.7. The standard InChI is InChI=1S/C12H25NO4/c1-9(7-15-3)17-8-11(14)6-13-12-4-5-16-10(12)2/h9-14H,4-8H2,1-3H3. The van der Waals surface area contributed by atoms with Crippen LogP contribution >= 0.6 is 0 Å². The van der Waals surface area contributed by atoms with Gasteiger partial charge in [-0.15, -0.1) is 0 Å². The van der Waals surface area contributed by atoms with Crippen molar-refractivity contribution in [3.8, 4) is 0 Å². The van der Waals surface area contributed by atoms with Crippen molar-refractivity contribution in [3.63, 3.8) is 0 Å². The molecule has 0 bridgehead atoms. The summed E-state index contributed by atoms with van der Waals surface area (Å²) in [6.45, 7) is 6.20. The SMILES string of the molecule is COCC(C)OCC(O)CNC1CCOC1C. The Bertz CT molecular complexity index is 203. The highest BCUT2D eigenvalue weighted by Crippen LogP contribution is 2.12.